The zero-order valence-electron chi connectivity index (χ0n) is 19.9. The molecular formula is C27H48O2. The van der Waals surface area contributed by atoms with Crippen LogP contribution in [0.4, 0.5) is 0 Å². The maximum absolute atomic E-state index is 11.4. The summed E-state index contributed by atoms with van der Waals surface area (Å²) in [7, 11) is 0. The van der Waals surface area contributed by atoms with Gasteiger partial charge in [0, 0.05) is 0 Å². The number of hydrogen-bond acceptors (Lipinski definition) is 2. The van der Waals surface area contributed by atoms with Gasteiger partial charge in [-0.05, 0) is 104 Å². The Morgan fingerprint density at radius 2 is 1.52 bits per heavy atom. The van der Waals surface area contributed by atoms with E-state index in [0.29, 0.717) is 28.6 Å². The third-order valence-electron chi connectivity index (χ3n) is 10.9. The van der Waals surface area contributed by atoms with E-state index in [4.69, 9.17) is 0 Å². The summed E-state index contributed by atoms with van der Waals surface area (Å²) in [5.41, 5.74) is 0.794. The third-order valence-corrected chi connectivity index (χ3v) is 10.9. The van der Waals surface area contributed by atoms with Crippen LogP contribution in [0, 0.1) is 52.3 Å². The van der Waals surface area contributed by atoms with Crippen LogP contribution in [-0.4, -0.2) is 22.4 Å². The van der Waals surface area contributed by atoms with Crippen molar-refractivity contribution in [3.05, 3.63) is 0 Å². The maximum Gasteiger partial charge on any atom is 0.0577 e. The van der Waals surface area contributed by atoms with Gasteiger partial charge in [0.05, 0.1) is 12.2 Å². The Hall–Kier alpha value is -0.0800. The van der Waals surface area contributed by atoms with Crippen molar-refractivity contribution in [3.8, 4) is 0 Å². The highest BCUT2D eigenvalue weighted by atomic mass is 16.3. The average Bonchev–Trinajstić information content (AvgIpc) is 3.00. The Morgan fingerprint density at radius 1 is 0.828 bits per heavy atom. The van der Waals surface area contributed by atoms with Crippen molar-refractivity contribution in [1.82, 2.24) is 0 Å². The lowest BCUT2D eigenvalue weighted by Gasteiger charge is -2.62. The highest BCUT2D eigenvalue weighted by Crippen LogP contribution is 2.68. The summed E-state index contributed by atoms with van der Waals surface area (Å²) < 4.78 is 0. The predicted octanol–water partition coefficient (Wildman–Crippen LogP) is 6.44. The summed E-state index contributed by atoms with van der Waals surface area (Å²) in [5, 5.41) is 21.6. The molecule has 0 radical (unpaired) electrons. The molecule has 0 heterocycles. The number of aliphatic hydroxyl groups excluding tert-OH is 2. The third kappa shape index (κ3) is 3.73. The molecule has 2 heteroatoms. The van der Waals surface area contributed by atoms with E-state index in [1.54, 1.807) is 0 Å². The highest BCUT2D eigenvalue weighted by molar-refractivity contribution is 5.11. The van der Waals surface area contributed by atoms with Crippen molar-refractivity contribution < 1.29 is 10.2 Å². The van der Waals surface area contributed by atoms with Gasteiger partial charge < -0.3 is 10.2 Å². The van der Waals surface area contributed by atoms with Crippen molar-refractivity contribution in [3.63, 3.8) is 0 Å². The largest absolute Gasteiger partial charge is 0.393 e. The minimum Gasteiger partial charge on any atom is -0.393 e. The van der Waals surface area contributed by atoms with E-state index in [-0.39, 0.29) is 12.2 Å². The van der Waals surface area contributed by atoms with Crippen LogP contribution in [0.25, 0.3) is 0 Å². The van der Waals surface area contributed by atoms with Crippen LogP contribution >= 0.6 is 0 Å². The molecule has 4 saturated carbocycles. The molecule has 0 aromatic heterocycles. The van der Waals surface area contributed by atoms with Gasteiger partial charge in [-0.25, -0.2) is 0 Å². The normalized spacial score (nSPS) is 50.7. The average molecular weight is 405 g/mol. The Labute approximate surface area is 180 Å². The van der Waals surface area contributed by atoms with E-state index in [2.05, 4.69) is 34.6 Å². The second-order valence-electron chi connectivity index (χ2n) is 12.8. The summed E-state index contributed by atoms with van der Waals surface area (Å²) >= 11 is 0. The Bertz CT molecular complexity index is 573. The highest BCUT2D eigenvalue weighted by Gasteiger charge is 2.62. The van der Waals surface area contributed by atoms with Gasteiger partial charge in [0.25, 0.3) is 0 Å². The van der Waals surface area contributed by atoms with Crippen molar-refractivity contribution in [2.45, 2.75) is 117 Å². The van der Waals surface area contributed by atoms with E-state index in [1.165, 1.54) is 51.4 Å². The van der Waals surface area contributed by atoms with E-state index < -0.39 is 0 Å². The van der Waals surface area contributed by atoms with Gasteiger partial charge in [0.15, 0.2) is 0 Å². The Kier molecular flexibility index (Phi) is 6.19. The van der Waals surface area contributed by atoms with Crippen molar-refractivity contribution in [2.24, 2.45) is 52.3 Å². The lowest BCUT2D eigenvalue weighted by atomic mass is 9.43. The van der Waals surface area contributed by atoms with E-state index >= 15 is 0 Å². The van der Waals surface area contributed by atoms with Crippen molar-refractivity contribution in [1.29, 1.82) is 0 Å². The topological polar surface area (TPSA) is 40.5 Å². The smallest absolute Gasteiger partial charge is 0.0577 e. The lowest BCUT2D eigenvalue weighted by Crippen LogP contribution is -2.58. The molecule has 0 aromatic carbocycles. The molecule has 0 amide bonds. The first-order valence-corrected chi connectivity index (χ1v) is 13.0. The molecule has 4 rings (SSSR count). The monoisotopic (exact) mass is 404 g/mol. The van der Waals surface area contributed by atoms with Gasteiger partial charge >= 0.3 is 0 Å². The van der Waals surface area contributed by atoms with Gasteiger partial charge in [0.1, 0.15) is 0 Å². The zero-order chi connectivity index (χ0) is 21.0. The quantitative estimate of drug-likeness (QED) is 0.553. The lowest BCUT2D eigenvalue weighted by molar-refractivity contribution is -0.174. The molecule has 3 unspecified atom stereocenters. The van der Waals surface area contributed by atoms with Crippen molar-refractivity contribution in [2.75, 3.05) is 0 Å². The SMILES string of the molecule is CC(C)CCC[C@@H](C)[C@H]1CC[C@H]2[C@@H]3C(O)CC4CC(O)CC[C@]4(C)[C@H]3CC[C@]12C. The molecule has 2 N–H and O–H groups in total. The molecule has 4 aliphatic carbocycles. The molecular weight excluding hydrogens is 356 g/mol. The summed E-state index contributed by atoms with van der Waals surface area (Å²) in [5.74, 6) is 4.94. The second-order valence-corrected chi connectivity index (χ2v) is 12.8. The second kappa shape index (κ2) is 8.12. The summed E-state index contributed by atoms with van der Waals surface area (Å²) in [6.45, 7) is 12.4. The number of aliphatic hydroxyl groups is 2. The first-order valence-electron chi connectivity index (χ1n) is 13.0. The summed E-state index contributed by atoms with van der Waals surface area (Å²) in [4.78, 5) is 0. The molecule has 10 atom stereocenters. The number of fused-ring (bicyclic) bond motifs is 5. The van der Waals surface area contributed by atoms with Crippen LogP contribution in [0.3, 0.4) is 0 Å². The molecule has 2 nitrogen and oxygen atoms in total. The Balaban J connectivity index is 1.50. The minimum absolute atomic E-state index is 0.131. The molecule has 29 heavy (non-hydrogen) atoms. The summed E-state index contributed by atoms with van der Waals surface area (Å²) in [6, 6.07) is 0. The molecule has 4 aliphatic rings. The van der Waals surface area contributed by atoms with Gasteiger partial charge in [-0.1, -0.05) is 53.9 Å². The predicted molar refractivity (Wildman–Crippen MR) is 120 cm³/mol. The number of rotatable bonds is 5. The van der Waals surface area contributed by atoms with Gasteiger partial charge in [0.2, 0.25) is 0 Å². The van der Waals surface area contributed by atoms with Crippen LogP contribution < -0.4 is 0 Å². The van der Waals surface area contributed by atoms with Gasteiger partial charge in [-0.15, -0.1) is 0 Å². The molecule has 0 spiro atoms. The fourth-order valence-electron chi connectivity index (χ4n) is 9.22. The van der Waals surface area contributed by atoms with Crippen LogP contribution in [0.2, 0.25) is 0 Å². The van der Waals surface area contributed by atoms with E-state index in [9.17, 15) is 10.2 Å². The zero-order valence-corrected chi connectivity index (χ0v) is 19.9. The molecule has 0 bridgehead atoms. The van der Waals surface area contributed by atoms with Crippen LogP contribution in [0.1, 0.15) is 105 Å². The summed E-state index contributed by atoms with van der Waals surface area (Å²) in [6.07, 6.45) is 13.3. The first-order chi connectivity index (χ1) is 13.7. The fraction of sp³-hybridized carbons (Fsp3) is 1.00. The van der Waals surface area contributed by atoms with Gasteiger partial charge in [-0.2, -0.15) is 0 Å². The molecule has 168 valence electrons. The van der Waals surface area contributed by atoms with Crippen LogP contribution in [0.5, 0.6) is 0 Å². The van der Waals surface area contributed by atoms with E-state index in [0.717, 1.165) is 42.9 Å². The molecule has 0 aromatic rings. The number of hydrogen-bond donors (Lipinski definition) is 2. The Morgan fingerprint density at radius 3 is 2.24 bits per heavy atom. The van der Waals surface area contributed by atoms with Crippen LogP contribution in [0.15, 0.2) is 0 Å². The van der Waals surface area contributed by atoms with Crippen molar-refractivity contribution >= 4 is 0 Å². The maximum atomic E-state index is 11.4. The minimum atomic E-state index is -0.136. The standard InChI is InChI=1S/C27H48O2/c1-17(2)7-6-8-18(3)21-9-10-22-25-23(12-14-27(21,22)5)26(4)13-11-20(28)15-19(26)16-24(25)29/h17-25,28-29H,6-16H2,1-5H3/t18-,19?,20?,21-,22+,23+,24?,25+,26+,27-/m1/s1. The molecule has 0 saturated heterocycles. The van der Waals surface area contributed by atoms with Gasteiger partial charge in [-0.3, -0.25) is 0 Å². The van der Waals surface area contributed by atoms with E-state index in [1.807, 2.05) is 0 Å². The molecule has 0 aliphatic heterocycles. The van der Waals surface area contributed by atoms with Crippen LogP contribution in [-0.2, 0) is 0 Å². The fourth-order valence-corrected chi connectivity index (χ4v) is 9.22. The first kappa shape index (κ1) is 22.1. The molecule has 4 fully saturated rings.